The molecule has 0 amide bonds. The third kappa shape index (κ3) is 2.96. The molecular formula is C12H26N2. The molecule has 0 saturated carbocycles. The molecule has 0 aliphatic carbocycles. The number of nitrogens with one attached hydrogen (secondary N) is 1. The molecule has 1 aliphatic rings. The first-order valence-electron chi connectivity index (χ1n) is 5.93. The summed E-state index contributed by atoms with van der Waals surface area (Å²) in [6.07, 6.45) is 0. The highest BCUT2D eigenvalue weighted by molar-refractivity contribution is 4.81. The van der Waals surface area contributed by atoms with E-state index in [-0.39, 0.29) is 0 Å². The summed E-state index contributed by atoms with van der Waals surface area (Å²) < 4.78 is 0. The fourth-order valence-electron chi connectivity index (χ4n) is 2.15. The summed E-state index contributed by atoms with van der Waals surface area (Å²) in [7, 11) is 2.26. The maximum absolute atomic E-state index is 3.47. The minimum atomic E-state index is 0.697. The van der Waals surface area contributed by atoms with Crippen molar-refractivity contribution in [1.29, 1.82) is 0 Å². The van der Waals surface area contributed by atoms with E-state index < -0.39 is 0 Å². The van der Waals surface area contributed by atoms with Gasteiger partial charge in [-0.05, 0) is 44.8 Å². The highest BCUT2D eigenvalue weighted by atomic mass is 15.1. The van der Waals surface area contributed by atoms with E-state index >= 15 is 0 Å². The fourth-order valence-corrected chi connectivity index (χ4v) is 2.15. The summed E-state index contributed by atoms with van der Waals surface area (Å²) in [5.74, 6) is 2.45. The Bertz CT molecular complexity index is 168. The summed E-state index contributed by atoms with van der Waals surface area (Å²) >= 11 is 0. The van der Waals surface area contributed by atoms with Crippen molar-refractivity contribution in [3.8, 4) is 0 Å². The van der Waals surface area contributed by atoms with Crippen molar-refractivity contribution in [2.24, 2.45) is 17.8 Å². The van der Waals surface area contributed by atoms with Gasteiger partial charge in [0.2, 0.25) is 0 Å². The zero-order chi connectivity index (χ0) is 10.7. The highest BCUT2D eigenvalue weighted by Crippen LogP contribution is 2.19. The molecule has 2 nitrogen and oxygen atoms in total. The first kappa shape index (κ1) is 12.0. The normalized spacial score (nSPS) is 30.2. The summed E-state index contributed by atoms with van der Waals surface area (Å²) in [6.45, 7) is 12.9. The molecule has 1 heterocycles. The highest BCUT2D eigenvalue weighted by Gasteiger charge is 2.25. The zero-order valence-corrected chi connectivity index (χ0v) is 10.4. The predicted octanol–water partition coefficient (Wildman–Crippen LogP) is 1.82. The Morgan fingerprint density at radius 3 is 2.36 bits per heavy atom. The van der Waals surface area contributed by atoms with Crippen LogP contribution in [0.5, 0.6) is 0 Å². The number of hydrogen-bond acceptors (Lipinski definition) is 2. The topological polar surface area (TPSA) is 15.3 Å². The Morgan fingerprint density at radius 2 is 1.93 bits per heavy atom. The second-order valence-electron chi connectivity index (χ2n) is 5.32. The Labute approximate surface area is 89.1 Å². The molecule has 0 spiro atoms. The first-order chi connectivity index (χ1) is 6.52. The molecular weight excluding hydrogens is 172 g/mol. The molecule has 3 atom stereocenters. The molecule has 0 aromatic carbocycles. The van der Waals surface area contributed by atoms with Crippen LogP contribution in [0.4, 0.5) is 0 Å². The van der Waals surface area contributed by atoms with Crippen LogP contribution in [0.15, 0.2) is 0 Å². The molecule has 1 aliphatic heterocycles. The van der Waals surface area contributed by atoms with Gasteiger partial charge in [0.05, 0.1) is 0 Å². The molecule has 0 bridgehead atoms. The molecule has 2 heteroatoms. The Morgan fingerprint density at radius 1 is 1.29 bits per heavy atom. The van der Waals surface area contributed by atoms with Crippen LogP contribution in [0.1, 0.15) is 27.7 Å². The third-order valence-corrected chi connectivity index (χ3v) is 3.86. The molecule has 84 valence electrons. The lowest BCUT2D eigenvalue weighted by molar-refractivity contribution is 0.171. The van der Waals surface area contributed by atoms with E-state index in [0.29, 0.717) is 6.04 Å². The van der Waals surface area contributed by atoms with Gasteiger partial charge in [0, 0.05) is 12.6 Å². The second kappa shape index (κ2) is 5.13. The maximum Gasteiger partial charge on any atom is 0.00870 e. The lowest BCUT2D eigenvalue weighted by atomic mass is 9.96. The van der Waals surface area contributed by atoms with Gasteiger partial charge in [-0.1, -0.05) is 20.8 Å². The third-order valence-electron chi connectivity index (χ3n) is 3.86. The lowest BCUT2D eigenvalue weighted by Gasteiger charge is -2.31. The fraction of sp³-hybridized carbons (Fsp3) is 1.00. The standard InChI is InChI=1S/C12H26N2/c1-9(2)11(4)14(5)8-12-7-13-6-10(12)3/h9-13H,6-8H2,1-5H3. The lowest BCUT2D eigenvalue weighted by Crippen LogP contribution is -2.38. The van der Waals surface area contributed by atoms with E-state index in [1.807, 2.05) is 0 Å². The Hall–Kier alpha value is -0.0800. The van der Waals surface area contributed by atoms with Gasteiger partial charge >= 0.3 is 0 Å². The molecule has 14 heavy (non-hydrogen) atoms. The van der Waals surface area contributed by atoms with Crippen molar-refractivity contribution in [3.05, 3.63) is 0 Å². The summed E-state index contributed by atoms with van der Waals surface area (Å²) in [4.78, 5) is 2.51. The molecule has 0 aromatic rings. The van der Waals surface area contributed by atoms with E-state index in [1.54, 1.807) is 0 Å². The molecule has 0 aromatic heterocycles. The average Bonchev–Trinajstić information content (AvgIpc) is 2.50. The van der Waals surface area contributed by atoms with Gasteiger partial charge in [0.25, 0.3) is 0 Å². The van der Waals surface area contributed by atoms with Crippen LogP contribution >= 0.6 is 0 Å². The molecule has 1 N–H and O–H groups in total. The van der Waals surface area contributed by atoms with Crippen LogP contribution < -0.4 is 5.32 Å². The molecule has 1 fully saturated rings. The number of nitrogens with zero attached hydrogens (tertiary/aromatic N) is 1. The van der Waals surface area contributed by atoms with Gasteiger partial charge in [0.1, 0.15) is 0 Å². The van der Waals surface area contributed by atoms with Crippen LogP contribution in [0.3, 0.4) is 0 Å². The van der Waals surface area contributed by atoms with Crippen molar-refractivity contribution in [3.63, 3.8) is 0 Å². The molecule has 0 radical (unpaired) electrons. The Kier molecular flexibility index (Phi) is 4.39. The van der Waals surface area contributed by atoms with Gasteiger partial charge in [-0.15, -0.1) is 0 Å². The van der Waals surface area contributed by atoms with Gasteiger partial charge in [-0.25, -0.2) is 0 Å². The van der Waals surface area contributed by atoms with Gasteiger partial charge in [0.15, 0.2) is 0 Å². The SMILES string of the molecule is CC(C)C(C)N(C)CC1CNCC1C. The number of hydrogen-bond donors (Lipinski definition) is 1. The number of rotatable bonds is 4. The van der Waals surface area contributed by atoms with Gasteiger partial charge in [-0.3, -0.25) is 0 Å². The minimum absolute atomic E-state index is 0.697. The Balaban J connectivity index is 2.35. The molecule has 3 unspecified atom stereocenters. The van der Waals surface area contributed by atoms with Crippen LogP contribution in [0, 0.1) is 17.8 Å². The monoisotopic (exact) mass is 198 g/mol. The van der Waals surface area contributed by atoms with Gasteiger partial charge in [-0.2, -0.15) is 0 Å². The molecule has 1 rings (SSSR count). The van der Waals surface area contributed by atoms with E-state index in [4.69, 9.17) is 0 Å². The van der Waals surface area contributed by atoms with Crippen molar-refractivity contribution in [2.75, 3.05) is 26.7 Å². The van der Waals surface area contributed by atoms with Crippen LogP contribution in [0.2, 0.25) is 0 Å². The van der Waals surface area contributed by atoms with Crippen molar-refractivity contribution in [1.82, 2.24) is 10.2 Å². The zero-order valence-electron chi connectivity index (χ0n) is 10.4. The minimum Gasteiger partial charge on any atom is -0.316 e. The van der Waals surface area contributed by atoms with Crippen LogP contribution in [0.25, 0.3) is 0 Å². The van der Waals surface area contributed by atoms with Crippen molar-refractivity contribution in [2.45, 2.75) is 33.7 Å². The molecule has 1 saturated heterocycles. The predicted molar refractivity (Wildman–Crippen MR) is 62.5 cm³/mol. The largest absolute Gasteiger partial charge is 0.316 e. The maximum atomic E-state index is 3.47. The van der Waals surface area contributed by atoms with E-state index in [1.165, 1.54) is 19.6 Å². The summed E-state index contributed by atoms with van der Waals surface area (Å²) in [5, 5.41) is 3.47. The van der Waals surface area contributed by atoms with Crippen molar-refractivity contribution >= 4 is 0 Å². The van der Waals surface area contributed by atoms with Crippen molar-refractivity contribution < 1.29 is 0 Å². The average molecular weight is 198 g/mol. The quantitative estimate of drug-likeness (QED) is 0.741. The van der Waals surface area contributed by atoms with E-state index in [2.05, 4.69) is 45.0 Å². The van der Waals surface area contributed by atoms with Crippen LogP contribution in [-0.4, -0.2) is 37.6 Å². The second-order valence-corrected chi connectivity index (χ2v) is 5.32. The van der Waals surface area contributed by atoms with E-state index in [9.17, 15) is 0 Å². The van der Waals surface area contributed by atoms with Gasteiger partial charge < -0.3 is 10.2 Å². The van der Waals surface area contributed by atoms with E-state index in [0.717, 1.165) is 17.8 Å². The van der Waals surface area contributed by atoms with Crippen LogP contribution in [-0.2, 0) is 0 Å². The summed E-state index contributed by atoms with van der Waals surface area (Å²) in [5.41, 5.74) is 0. The smallest absolute Gasteiger partial charge is 0.00870 e. The summed E-state index contributed by atoms with van der Waals surface area (Å²) in [6, 6.07) is 0.697. The first-order valence-corrected chi connectivity index (χ1v) is 5.93.